The lowest BCUT2D eigenvalue weighted by molar-refractivity contribution is -0.142. The zero-order valence-electron chi connectivity index (χ0n) is 19.6. The maximum atomic E-state index is 13.5. The standard InChI is InChI=1S/C28H31FN2O3/c1-21(2)18-30-28(33)26(17-22-9-5-3-6-10-22)31(19-23-13-15-24(29)16-14-23)27(32)20-34-25-11-7-4-8-12-25/h3-16,21,26H,17-20H2,1-2H3,(H,30,33)/t26-/m1/s1. The van der Waals surface area contributed by atoms with Crippen LogP contribution in [0.5, 0.6) is 5.75 Å². The van der Waals surface area contributed by atoms with Crippen molar-refractivity contribution in [2.45, 2.75) is 32.9 Å². The van der Waals surface area contributed by atoms with Crippen molar-refractivity contribution in [2.75, 3.05) is 13.2 Å². The van der Waals surface area contributed by atoms with Gasteiger partial charge in [-0.2, -0.15) is 0 Å². The fourth-order valence-electron chi connectivity index (χ4n) is 3.51. The quantitative estimate of drug-likeness (QED) is 0.453. The van der Waals surface area contributed by atoms with Gasteiger partial charge in [0, 0.05) is 19.5 Å². The van der Waals surface area contributed by atoms with E-state index in [4.69, 9.17) is 4.74 Å². The van der Waals surface area contributed by atoms with E-state index in [9.17, 15) is 14.0 Å². The number of carbonyl (C=O) groups is 2. The van der Waals surface area contributed by atoms with E-state index in [1.165, 1.54) is 17.0 Å². The molecule has 0 aliphatic carbocycles. The van der Waals surface area contributed by atoms with Crippen LogP contribution in [-0.4, -0.2) is 35.9 Å². The first-order chi connectivity index (χ1) is 16.4. The van der Waals surface area contributed by atoms with Gasteiger partial charge < -0.3 is 15.0 Å². The van der Waals surface area contributed by atoms with Crippen LogP contribution in [0.2, 0.25) is 0 Å². The number of hydrogen-bond donors (Lipinski definition) is 1. The molecule has 2 amide bonds. The average molecular weight is 463 g/mol. The van der Waals surface area contributed by atoms with E-state index in [1.54, 1.807) is 24.3 Å². The first-order valence-corrected chi connectivity index (χ1v) is 11.5. The van der Waals surface area contributed by atoms with E-state index < -0.39 is 6.04 Å². The van der Waals surface area contributed by atoms with E-state index >= 15 is 0 Å². The second-order valence-electron chi connectivity index (χ2n) is 8.59. The molecule has 5 nitrogen and oxygen atoms in total. The largest absolute Gasteiger partial charge is 0.484 e. The third-order valence-electron chi connectivity index (χ3n) is 5.33. The van der Waals surface area contributed by atoms with Crippen molar-refractivity contribution in [1.29, 1.82) is 0 Å². The number of carbonyl (C=O) groups excluding carboxylic acids is 2. The fraction of sp³-hybridized carbons (Fsp3) is 0.286. The predicted octanol–water partition coefficient (Wildman–Crippen LogP) is 4.62. The highest BCUT2D eigenvalue weighted by atomic mass is 19.1. The normalized spacial score (nSPS) is 11.6. The van der Waals surface area contributed by atoms with Gasteiger partial charge in [0.15, 0.2) is 6.61 Å². The highest BCUT2D eigenvalue weighted by Crippen LogP contribution is 2.16. The molecule has 34 heavy (non-hydrogen) atoms. The minimum absolute atomic E-state index is 0.157. The number of hydrogen-bond acceptors (Lipinski definition) is 3. The lowest BCUT2D eigenvalue weighted by atomic mass is 10.0. The molecule has 3 aromatic carbocycles. The van der Waals surface area contributed by atoms with Crippen molar-refractivity contribution in [1.82, 2.24) is 10.2 Å². The zero-order chi connectivity index (χ0) is 24.3. The lowest BCUT2D eigenvalue weighted by Crippen LogP contribution is -2.52. The molecule has 1 N–H and O–H groups in total. The van der Waals surface area contributed by atoms with Gasteiger partial charge in [0.2, 0.25) is 5.91 Å². The van der Waals surface area contributed by atoms with Gasteiger partial charge in [0.1, 0.15) is 17.6 Å². The fourth-order valence-corrected chi connectivity index (χ4v) is 3.51. The predicted molar refractivity (Wildman–Crippen MR) is 131 cm³/mol. The van der Waals surface area contributed by atoms with Crippen LogP contribution < -0.4 is 10.1 Å². The highest BCUT2D eigenvalue weighted by molar-refractivity contribution is 5.88. The molecule has 0 aromatic heterocycles. The Hall–Kier alpha value is -3.67. The number of nitrogens with zero attached hydrogens (tertiary/aromatic N) is 1. The number of nitrogens with one attached hydrogen (secondary N) is 1. The van der Waals surface area contributed by atoms with E-state index in [0.29, 0.717) is 18.7 Å². The van der Waals surface area contributed by atoms with Crippen LogP contribution in [0.25, 0.3) is 0 Å². The average Bonchev–Trinajstić information content (AvgIpc) is 2.85. The molecular formula is C28H31FN2O3. The number of ether oxygens (including phenoxy) is 1. The molecule has 0 saturated heterocycles. The summed E-state index contributed by atoms with van der Waals surface area (Å²) in [7, 11) is 0. The number of para-hydroxylation sites is 1. The number of amides is 2. The number of halogens is 1. The smallest absolute Gasteiger partial charge is 0.261 e. The van der Waals surface area contributed by atoms with E-state index in [0.717, 1.165) is 11.1 Å². The Kier molecular flexibility index (Phi) is 9.21. The molecular weight excluding hydrogens is 431 g/mol. The molecule has 0 aliphatic heterocycles. The van der Waals surface area contributed by atoms with Crippen LogP contribution in [-0.2, 0) is 22.6 Å². The molecule has 3 rings (SSSR count). The molecule has 6 heteroatoms. The maximum Gasteiger partial charge on any atom is 0.261 e. The Labute approximate surface area is 200 Å². The molecule has 1 atom stereocenters. The second-order valence-corrected chi connectivity index (χ2v) is 8.59. The molecule has 0 spiro atoms. The summed E-state index contributed by atoms with van der Waals surface area (Å²) in [5.74, 6) is -0.0727. The molecule has 178 valence electrons. The monoisotopic (exact) mass is 462 g/mol. The van der Waals surface area contributed by atoms with Gasteiger partial charge in [0.25, 0.3) is 5.91 Å². The van der Waals surface area contributed by atoms with Gasteiger partial charge in [-0.1, -0.05) is 74.5 Å². The van der Waals surface area contributed by atoms with Crippen molar-refractivity contribution in [2.24, 2.45) is 5.92 Å². The van der Waals surface area contributed by atoms with Gasteiger partial charge in [-0.05, 0) is 41.3 Å². The number of benzene rings is 3. The summed E-state index contributed by atoms with van der Waals surface area (Å²) in [5.41, 5.74) is 1.66. The van der Waals surface area contributed by atoms with Gasteiger partial charge >= 0.3 is 0 Å². The molecule has 0 radical (unpaired) electrons. The molecule has 0 saturated carbocycles. The molecule has 0 unspecified atom stereocenters. The molecule has 3 aromatic rings. The first-order valence-electron chi connectivity index (χ1n) is 11.5. The van der Waals surface area contributed by atoms with Gasteiger partial charge in [-0.15, -0.1) is 0 Å². The van der Waals surface area contributed by atoms with Gasteiger partial charge in [0.05, 0.1) is 0 Å². The number of rotatable bonds is 11. The lowest BCUT2D eigenvalue weighted by Gasteiger charge is -2.31. The Morgan fingerprint density at radius 3 is 2.12 bits per heavy atom. The van der Waals surface area contributed by atoms with Gasteiger partial charge in [-0.25, -0.2) is 4.39 Å². The van der Waals surface area contributed by atoms with Crippen molar-refractivity contribution in [3.05, 3.63) is 102 Å². The van der Waals surface area contributed by atoms with Crippen molar-refractivity contribution in [3.8, 4) is 5.75 Å². The van der Waals surface area contributed by atoms with Crippen LogP contribution in [0.3, 0.4) is 0 Å². The SMILES string of the molecule is CC(C)CNC(=O)[C@@H](Cc1ccccc1)N(Cc1ccc(F)cc1)C(=O)COc1ccccc1. The molecule has 0 heterocycles. The first kappa shape index (κ1) is 25.0. The van der Waals surface area contributed by atoms with Crippen LogP contribution in [0.1, 0.15) is 25.0 Å². The summed E-state index contributed by atoms with van der Waals surface area (Å²) in [6.45, 7) is 4.48. The Morgan fingerprint density at radius 1 is 0.882 bits per heavy atom. The zero-order valence-corrected chi connectivity index (χ0v) is 19.6. The Morgan fingerprint density at radius 2 is 1.50 bits per heavy atom. The maximum absolute atomic E-state index is 13.5. The summed E-state index contributed by atoms with van der Waals surface area (Å²) in [4.78, 5) is 28.2. The summed E-state index contributed by atoms with van der Waals surface area (Å²) in [6.07, 6.45) is 0.350. The van der Waals surface area contributed by atoms with Crippen molar-refractivity contribution in [3.63, 3.8) is 0 Å². The van der Waals surface area contributed by atoms with Crippen LogP contribution in [0.4, 0.5) is 4.39 Å². The van der Waals surface area contributed by atoms with E-state index in [2.05, 4.69) is 5.32 Å². The molecule has 0 bridgehead atoms. The van der Waals surface area contributed by atoms with Crippen molar-refractivity contribution >= 4 is 11.8 Å². The van der Waals surface area contributed by atoms with Crippen LogP contribution in [0, 0.1) is 11.7 Å². The van der Waals surface area contributed by atoms with Crippen molar-refractivity contribution < 1.29 is 18.7 Å². The molecule has 0 fully saturated rings. The second kappa shape index (κ2) is 12.5. The summed E-state index contributed by atoms with van der Waals surface area (Å²) >= 11 is 0. The van der Waals surface area contributed by atoms with Gasteiger partial charge in [-0.3, -0.25) is 9.59 Å². The van der Waals surface area contributed by atoms with Crippen LogP contribution in [0.15, 0.2) is 84.9 Å². The minimum Gasteiger partial charge on any atom is -0.484 e. The Bertz CT molecular complexity index is 1040. The Balaban J connectivity index is 1.88. The van der Waals surface area contributed by atoms with E-state index in [1.807, 2.05) is 62.4 Å². The van der Waals surface area contributed by atoms with E-state index in [-0.39, 0.29) is 36.7 Å². The summed E-state index contributed by atoms with van der Waals surface area (Å²) in [6, 6.07) is 23.9. The highest BCUT2D eigenvalue weighted by Gasteiger charge is 2.30. The third-order valence-corrected chi connectivity index (χ3v) is 5.33. The summed E-state index contributed by atoms with van der Waals surface area (Å²) in [5, 5.41) is 2.97. The summed E-state index contributed by atoms with van der Waals surface area (Å²) < 4.78 is 19.2. The minimum atomic E-state index is -0.752. The third kappa shape index (κ3) is 7.73. The topological polar surface area (TPSA) is 58.6 Å². The van der Waals surface area contributed by atoms with Crippen LogP contribution >= 0.6 is 0 Å². The molecule has 0 aliphatic rings.